The van der Waals surface area contributed by atoms with Gasteiger partial charge in [-0.05, 0) is 24.8 Å². The lowest BCUT2D eigenvalue weighted by molar-refractivity contribution is -0.141. The molecule has 0 spiro atoms. The third-order valence-corrected chi connectivity index (χ3v) is 3.59. The molecule has 1 aromatic rings. The minimum absolute atomic E-state index is 0.178. The monoisotopic (exact) mass is 454 g/mol. The molecule has 28 heavy (non-hydrogen) atoms. The number of hydrogen-bond donors (Lipinski definition) is 2. The van der Waals surface area contributed by atoms with Crippen molar-refractivity contribution in [2.45, 2.75) is 35.7 Å². The Hall–Kier alpha value is -1.74. The lowest BCUT2D eigenvalue weighted by atomic mass is 10.1. The molecular weight excluding hydrogens is 435 g/mol. The van der Waals surface area contributed by atoms with Gasteiger partial charge < -0.3 is 25.3 Å². The van der Waals surface area contributed by atoms with Gasteiger partial charge in [-0.3, -0.25) is 0 Å². The Kier molecular flexibility index (Phi) is 11.0. The first-order chi connectivity index (χ1) is 13.2. The summed E-state index contributed by atoms with van der Waals surface area (Å²) >= 11 is 16.2. The third-order valence-electron chi connectivity index (χ3n) is 3.26. The van der Waals surface area contributed by atoms with Crippen LogP contribution in [0.25, 0.3) is 0 Å². The van der Waals surface area contributed by atoms with E-state index in [4.69, 9.17) is 45.3 Å². The summed E-state index contributed by atoms with van der Waals surface area (Å²) in [7, 11) is 0. The number of benzene rings is 1. The van der Waals surface area contributed by atoms with Crippen molar-refractivity contribution >= 4 is 53.0 Å². The molecule has 0 fully saturated rings. The van der Waals surface area contributed by atoms with E-state index >= 15 is 0 Å². The average Bonchev–Trinajstić information content (AvgIpc) is 2.64. The number of hydrogen-bond acceptors (Lipinski definition) is 7. The van der Waals surface area contributed by atoms with Crippen molar-refractivity contribution in [3.8, 4) is 0 Å². The maximum Gasteiger partial charge on any atom is 0.516 e. The second-order valence-electron chi connectivity index (χ2n) is 5.67. The Balaban J connectivity index is 2.10. The zero-order chi connectivity index (χ0) is 21.0. The predicted octanol–water partition coefficient (Wildman–Crippen LogP) is 3.46. The minimum Gasteiger partial charge on any atom is -0.445 e. The van der Waals surface area contributed by atoms with Gasteiger partial charge in [0.2, 0.25) is 3.79 Å². The number of amides is 1. The van der Waals surface area contributed by atoms with Crippen LogP contribution < -0.4 is 11.1 Å². The fourth-order valence-corrected chi connectivity index (χ4v) is 2.06. The van der Waals surface area contributed by atoms with Crippen LogP contribution >= 0.6 is 34.8 Å². The fraction of sp³-hybridized carbons (Fsp3) is 0.471. The zero-order valence-corrected chi connectivity index (χ0v) is 17.1. The lowest BCUT2D eigenvalue weighted by Gasteiger charge is -2.13. The van der Waals surface area contributed by atoms with Crippen LogP contribution in [0.4, 0.5) is 9.59 Å². The van der Waals surface area contributed by atoms with E-state index in [1.807, 2.05) is 30.3 Å². The van der Waals surface area contributed by atoms with Crippen molar-refractivity contribution in [1.29, 1.82) is 0 Å². The van der Waals surface area contributed by atoms with Crippen LogP contribution in [0.1, 0.15) is 24.8 Å². The maximum atomic E-state index is 11.6. The average molecular weight is 456 g/mol. The number of halogens is 3. The number of unbranched alkanes of at least 4 members (excludes halogenated alkanes) is 1. The molecule has 0 saturated heterocycles. The van der Waals surface area contributed by atoms with E-state index in [1.165, 1.54) is 0 Å². The van der Waals surface area contributed by atoms with Crippen LogP contribution in [-0.2, 0) is 25.6 Å². The van der Waals surface area contributed by atoms with Crippen molar-refractivity contribution in [2.24, 2.45) is 5.73 Å². The van der Waals surface area contributed by atoms with E-state index in [1.54, 1.807) is 0 Å². The normalized spacial score (nSPS) is 12.0. The summed E-state index contributed by atoms with van der Waals surface area (Å²) in [5.74, 6) is -0.954. The van der Waals surface area contributed by atoms with Gasteiger partial charge in [-0.1, -0.05) is 65.1 Å². The lowest BCUT2D eigenvalue weighted by Crippen LogP contribution is -2.34. The second kappa shape index (κ2) is 12.7. The summed E-state index contributed by atoms with van der Waals surface area (Å²) in [4.78, 5) is 34.5. The molecule has 1 aromatic carbocycles. The number of alkyl carbamates (subject to hydrolysis) is 1. The molecule has 0 radical (unpaired) electrons. The van der Waals surface area contributed by atoms with Crippen molar-refractivity contribution in [1.82, 2.24) is 5.32 Å². The first kappa shape index (κ1) is 24.3. The fourth-order valence-electron chi connectivity index (χ4n) is 1.90. The molecule has 1 amide bonds. The van der Waals surface area contributed by atoms with Gasteiger partial charge in [0.15, 0.2) is 0 Å². The summed E-state index contributed by atoms with van der Waals surface area (Å²) in [6, 6.07) is 8.25. The summed E-state index contributed by atoms with van der Waals surface area (Å²) in [6.07, 6.45) is -0.520. The summed E-state index contributed by atoms with van der Waals surface area (Å²) in [5.41, 5.74) is 6.51. The molecule has 1 rings (SSSR count). The number of ether oxygens (including phenoxy) is 3. The number of rotatable bonds is 9. The summed E-state index contributed by atoms with van der Waals surface area (Å²) < 4.78 is 12.1. The van der Waals surface area contributed by atoms with Crippen molar-refractivity contribution < 1.29 is 28.6 Å². The van der Waals surface area contributed by atoms with Gasteiger partial charge in [0.25, 0.3) is 0 Å². The van der Waals surface area contributed by atoms with Crippen molar-refractivity contribution in [3.05, 3.63) is 35.9 Å². The largest absolute Gasteiger partial charge is 0.516 e. The molecule has 8 nitrogen and oxygen atoms in total. The number of carbonyl (C=O) groups excluding carboxylic acids is 3. The van der Waals surface area contributed by atoms with Crippen LogP contribution in [0.15, 0.2) is 30.3 Å². The predicted molar refractivity (Wildman–Crippen MR) is 104 cm³/mol. The van der Waals surface area contributed by atoms with Crippen LogP contribution in [0.2, 0.25) is 0 Å². The van der Waals surface area contributed by atoms with E-state index in [-0.39, 0.29) is 13.0 Å². The quantitative estimate of drug-likeness (QED) is 0.253. The first-order valence-corrected chi connectivity index (χ1v) is 9.46. The number of carbonyl (C=O) groups is 3. The topological polar surface area (TPSA) is 117 Å². The number of alkyl halides is 3. The molecule has 0 saturated carbocycles. The van der Waals surface area contributed by atoms with Gasteiger partial charge in [-0.2, -0.15) is 0 Å². The number of nitrogens with two attached hydrogens (primary N) is 1. The maximum absolute atomic E-state index is 11.6. The SMILES string of the molecule is N[C@@H](CCCCNC(=O)OCc1ccccc1)C(=O)OC(=O)OCC(Cl)(Cl)Cl. The Morgan fingerprint density at radius 3 is 2.39 bits per heavy atom. The molecule has 0 aliphatic rings. The highest BCUT2D eigenvalue weighted by Crippen LogP contribution is 2.26. The molecular formula is C17H21Cl3N2O6. The summed E-state index contributed by atoms with van der Waals surface area (Å²) in [5, 5.41) is 2.59. The highest BCUT2D eigenvalue weighted by molar-refractivity contribution is 6.67. The van der Waals surface area contributed by atoms with Crippen LogP contribution in [-0.4, -0.2) is 41.2 Å². The van der Waals surface area contributed by atoms with Crippen molar-refractivity contribution in [3.63, 3.8) is 0 Å². The zero-order valence-electron chi connectivity index (χ0n) is 14.9. The van der Waals surface area contributed by atoms with E-state index in [2.05, 4.69) is 14.8 Å². The minimum atomic E-state index is -1.81. The van der Waals surface area contributed by atoms with Crippen LogP contribution in [0, 0.1) is 0 Å². The molecule has 0 heterocycles. The molecule has 0 aromatic heterocycles. The standard InChI is InChI=1S/C17H21Cl3N2O6/c18-17(19,20)11-27-16(25)28-14(23)13(21)8-4-5-9-22-15(24)26-10-12-6-2-1-3-7-12/h1-3,6-7,13H,4-5,8-11,21H2,(H,22,24)/t13-/m0/s1. The Labute approximate surface area is 177 Å². The van der Waals surface area contributed by atoms with Gasteiger partial charge in [-0.25, -0.2) is 14.4 Å². The second-order valence-corrected chi connectivity index (χ2v) is 8.18. The molecule has 3 N–H and O–H groups in total. The number of esters is 1. The van der Waals surface area contributed by atoms with Gasteiger partial charge in [0, 0.05) is 6.54 Å². The van der Waals surface area contributed by atoms with Gasteiger partial charge in [0.1, 0.15) is 19.3 Å². The number of nitrogens with one attached hydrogen (secondary N) is 1. The van der Waals surface area contributed by atoms with Crippen molar-refractivity contribution in [2.75, 3.05) is 13.2 Å². The molecule has 0 bridgehead atoms. The Morgan fingerprint density at radius 1 is 1.07 bits per heavy atom. The van der Waals surface area contributed by atoms with E-state index < -0.39 is 34.7 Å². The van der Waals surface area contributed by atoms with Crippen LogP contribution in [0.5, 0.6) is 0 Å². The molecule has 0 aliphatic heterocycles. The molecule has 11 heteroatoms. The van der Waals surface area contributed by atoms with Gasteiger partial charge in [-0.15, -0.1) is 0 Å². The Morgan fingerprint density at radius 2 is 1.75 bits per heavy atom. The highest BCUT2D eigenvalue weighted by atomic mass is 35.6. The van der Waals surface area contributed by atoms with E-state index in [0.717, 1.165) is 5.56 Å². The molecule has 0 aliphatic carbocycles. The van der Waals surface area contributed by atoms with Gasteiger partial charge >= 0.3 is 18.2 Å². The van der Waals surface area contributed by atoms with Gasteiger partial charge in [0.05, 0.1) is 0 Å². The van der Waals surface area contributed by atoms with E-state index in [0.29, 0.717) is 19.4 Å². The molecule has 0 unspecified atom stereocenters. The smallest absolute Gasteiger partial charge is 0.445 e. The van der Waals surface area contributed by atoms with E-state index in [9.17, 15) is 14.4 Å². The molecule has 156 valence electrons. The highest BCUT2D eigenvalue weighted by Gasteiger charge is 2.25. The van der Waals surface area contributed by atoms with Crippen LogP contribution in [0.3, 0.4) is 0 Å². The third kappa shape index (κ3) is 11.9. The molecule has 1 atom stereocenters. The Bertz CT molecular complexity index is 640. The first-order valence-electron chi connectivity index (χ1n) is 8.32. The summed E-state index contributed by atoms with van der Waals surface area (Å²) in [6.45, 7) is -0.0382.